The Labute approximate surface area is 318 Å². The summed E-state index contributed by atoms with van der Waals surface area (Å²) in [5, 5.41) is 15.8. The van der Waals surface area contributed by atoms with E-state index in [0.717, 1.165) is 44.1 Å². The third-order valence-corrected chi connectivity index (χ3v) is 13.5. The predicted molar refractivity (Wildman–Crippen MR) is 200 cm³/mol. The lowest BCUT2D eigenvalue weighted by Gasteiger charge is -2.58. The zero-order chi connectivity index (χ0) is 39.2. The monoisotopic (exact) mass is 750 g/mol. The topological polar surface area (TPSA) is 170 Å². The van der Waals surface area contributed by atoms with Crippen LogP contribution in [0.5, 0.6) is 5.75 Å². The second-order valence-electron chi connectivity index (χ2n) is 17.1. The zero-order valence-electron chi connectivity index (χ0n) is 32.9. The van der Waals surface area contributed by atoms with E-state index in [9.17, 15) is 29.1 Å². The van der Waals surface area contributed by atoms with Crippen LogP contribution >= 0.6 is 0 Å². The van der Waals surface area contributed by atoms with Gasteiger partial charge in [-0.2, -0.15) is 0 Å². The standard InChI is InChI=1S/C24H30O6.C18H28N2O4/c1-21-7-4-14(25)10-13(21)11-15(20(27)28-3)19-16-5-8-23(9-6-18(26)30-23)22(16,2)12-17-24(19,21)29-17;1-5-6-18(23)20-14-7-8-17(16(9-14)13(4)21)24-11-15(22)10-19-12(2)3/h10,15-17,19H,4-9,11-12H2,1-3H3;7-9,12,15,19,22H,5-6,10-11H2,1-4H3,(H,20,23)/t15-,16+,17-,19+,21+,22+,23-,24-;/m1./s1. The van der Waals surface area contributed by atoms with E-state index >= 15 is 0 Å². The average Bonchev–Trinajstić information content (AvgIpc) is 3.61. The summed E-state index contributed by atoms with van der Waals surface area (Å²) in [6, 6.07) is 5.21. The van der Waals surface area contributed by atoms with Gasteiger partial charge in [0.1, 0.15) is 29.7 Å². The fourth-order valence-corrected chi connectivity index (χ4v) is 10.8. The first-order valence-corrected chi connectivity index (χ1v) is 19.7. The van der Waals surface area contributed by atoms with E-state index in [1.54, 1.807) is 24.3 Å². The highest BCUT2D eigenvalue weighted by molar-refractivity contribution is 5.99. The van der Waals surface area contributed by atoms with Gasteiger partial charge in [-0.15, -0.1) is 0 Å². The van der Waals surface area contributed by atoms with Crippen molar-refractivity contribution >= 4 is 35.1 Å². The Balaban J connectivity index is 0.000000190. The third kappa shape index (κ3) is 6.91. The summed E-state index contributed by atoms with van der Waals surface area (Å²) in [5.41, 5.74) is 0.771. The number of hydrogen-bond donors (Lipinski definition) is 3. The molecule has 1 amide bonds. The van der Waals surface area contributed by atoms with Gasteiger partial charge < -0.3 is 34.7 Å². The molecule has 2 spiro atoms. The van der Waals surface area contributed by atoms with Crippen molar-refractivity contribution in [2.75, 3.05) is 25.6 Å². The molecule has 0 aromatic heterocycles. The lowest BCUT2D eigenvalue weighted by atomic mass is 9.43. The predicted octanol–water partition coefficient (Wildman–Crippen LogP) is 5.49. The van der Waals surface area contributed by atoms with Crippen LogP contribution in [0.1, 0.15) is 116 Å². The number of carbonyl (C=O) groups excluding carboxylic acids is 5. The average molecular weight is 751 g/mol. The molecule has 2 aliphatic heterocycles. The maximum Gasteiger partial charge on any atom is 0.309 e. The summed E-state index contributed by atoms with van der Waals surface area (Å²) < 4.78 is 23.5. The Morgan fingerprint density at radius 2 is 1.85 bits per heavy atom. The molecule has 0 bridgehead atoms. The van der Waals surface area contributed by atoms with Gasteiger partial charge in [-0.3, -0.25) is 24.0 Å². The number of rotatable bonds is 11. The number of methoxy groups -OCH3 is 1. The molecule has 1 aromatic carbocycles. The number of carbonyl (C=O) groups is 5. The second-order valence-corrected chi connectivity index (χ2v) is 17.1. The molecule has 0 radical (unpaired) electrons. The number of hydrogen-bond acceptors (Lipinski definition) is 11. The largest absolute Gasteiger partial charge is 0.490 e. The Morgan fingerprint density at radius 3 is 2.50 bits per heavy atom. The van der Waals surface area contributed by atoms with E-state index in [-0.39, 0.29) is 76.7 Å². The Morgan fingerprint density at radius 1 is 1.09 bits per heavy atom. The first-order valence-electron chi connectivity index (χ1n) is 19.7. The zero-order valence-corrected chi connectivity index (χ0v) is 32.9. The van der Waals surface area contributed by atoms with E-state index in [2.05, 4.69) is 24.5 Å². The van der Waals surface area contributed by atoms with Gasteiger partial charge in [0.05, 0.1) is 24.7 Å². The van der Waals surface area contributed by atoms with Crippen molar-refractivity contribution in [3.8, 4) is 5.75 Å². The van der Waals surface area contributed by atoms with Crippen molar-refractivity contribution in [3.05, 3.63) is 35.4 Å². The summed E-state index contributed by atoms with van der Waals surface area (Å²) in [5.74, 6) is -0.0461. The number of aliphatic hydroxyl groups excluding tert-OH is 1. The smallest absolute Gasteiger partial charge is 0.309 e. The first kappa shape index (κ1) is 40.1. The summed E-state index contributed by atoms with van der Waals surface area (Å²) in [4.78, 5) is 60.9. The SMILES string of the molecule is CCCC(=O)Nc1ccc(OCC(O)CNC(C)C)c(C(C)=O)c1.COC(=O)[C@@H]1CC2=CC(=O)CC[C@]2(C)[C@@]23O[C@@H]2C[C@@]2(C)[C@@H](CC[C@@]24CCC(=O)O4)[C@H]13. The molecule has 54 heavy (non-hydrogen) atoms. The molecule has 2 heterocycles. The van der Waals surface area contributed by atoms with Crippen LogP contribution in [0.15, 0.2) is 29.8 Å². The molecule has 3 N–H and O–H groups in total. The fraction of sp³-hybridized carbons (Fsp3) is 0.690. The number of fused-ring (bicyclic) bond motifs is 4. The molecule has 1 aromatic rings. The summed E-state index contributed by atoms with van der Waals surface area (Å²) in [6.07, 6.45) is 8.13. The molecule has 1 unspecified atom stereocenters. The van der Waals surface area contributed by atoms with Gasteiger partial charge in [-0.05, 0) is 82.1 Å². The number of anilines is 1. The Bertz CT molecular complexity index is 1710. The molecule has 5 fully saturated rings. The van der Waals surface area contributed by atoms with Gasteiger partial charge in [0.15, 0.2) is 11.6 Å². The van der Waals surface area contributed by atoms with Gasteiger partial charge in [0, 0.05) is 54.3 Å². The van der Waals surface area contributed by atoms with Crippen LogP contribution in [-0.4, -0.2) is 84.2 Å². The van der Waals surface area contributed by atoms with Crippen LogP contribution in [0.4, 0.5) is 5.69 Å². The number of Topliss-reactive ketones (excluding diaryl/α,β-unsaturated/α-hetero) is 1. The highest BCUT2D eigenvalue weighted by atomic mass is 16.6. The van der Waals surface area contributed by atoms with Crippen molar-refractivity contribution in [3.63, 3.8) is 0 Å². The van der Waals surface area contributed by atoms with Crippen LogP contribution in [0.25, 0.3) is 0 Å². The Kier molecular flexibility index (Phi) is 11.2. The molecule has 12 heteroatoms. The minimum absolute atomic E-state index is 0.0303. The number of esters is 2. The van der Waals surface area contributed by atoms with E-state index < -0.39 is 17.3 Å². The number of nitrogens with one attached hydrogen (secondary N) is 2. The number of aliphatic hydroxyl groups is 1. The first-order chi connectivity index (χ1) is 25.5. The molecule has 9 atom stereocenters. The molecule has 3 saturated carbocycles. The van der Waals surface area contributed by atoms with Crippen LogP contribution in [0.2, 0.25) is 0 Å². The minimum Gasteiger partial charge on any atom is -0.490 e. The number of ether oxygens (including phenoxy) is 4. The minimum atomic E-state index is -0.670. The molecule has 6 aliphatic rings. The number of ketones is 2. The fourth-order valence-electron chi connectivity index (χ4n) is 10.8. The van der Waals surface area contributed by atoms with Crippen molar-refractivity contribution in [1.29, 1.82) is 0 Å². The molecular formula is C42H58N2O10. The van der Waals surface area contributed by atoms with Crippen LogP contribution in [0, 0.1) is 28.6 Å². The van der Waals surface area contributed by atoms with E-state index in [4.69, 9.17) is 18.9 Å². The van der Waals surface area contributed by atoms with Gasteiger partial charge in [0.25, 0.3) is 0 Å². The number of epoxide rings is 1. The van der Waals surface area contributed by atoms with Gasteiger partial charge in [-0.1, -0.05) is 40.2 Å². The molecule has 4 aliphatic carbocycles. The summed E-state index contributed by atoms with van der Waals surface area (Å²) in [7, 11) is 1.45. The van der Waals surface area contributed by atoms with Gasteiger partial charge in [0.2, 0.25) is 5.91 Å². The lowest BCUT2D eigenvalue weighted by Crippen LogP contribution is -2.63. The van der Waals surface area contributed by atoms with Crippen molar-refractivity contribution in [1.82, 2.24) is 5.32 Å². The summed E-state index contributed by atoms with van der Waals surface area (Å²) in [6.45, 7) is 12.4. The number of benzene rings is 1. The van der Waals surface area contributed by atoms with Gasteiger partial charge >= 0.3 is 11.9 Å². The second kappa shape index (κ2) is 15.1. The molecule has 296 valence electrons. The lowest BCUT2D eigenvalue weighted by molar-refractivity contribution is -0.172. The highest BCUT2D eigenvalue weighted by Gasteiger charge is 2.83. The molecule has 12 nitrogen and oxygen atoms in total. The molecular weight excluding hydrogens is 692 g/mol. The van der Waals surface area contributed by atoms with Crippen molar-refractivity contribution in [2.24, 2.45) is 28.6 Å². The van der Waals surface area contributed by atoms with Crippen LogP contribution in [-0.2, 0) is 33.4 Å². The quantitative estimate of drug-likeness (QED) is 0.149. The normalized spacial score (nSPS) is 34.9. The maximum absolute atomic E-state index is 13.0. The third-order valence-electron chi connectivity index (χ3n) is 13.5. The molecule has 2 saturated heterocycles. The van der Waals surface area contributed by atoms with Crippen LogP contribution in [0.3, 0.4) is 0 Å². The maximum atomic E-state index is 13.0. The highest BCUT2D eigenvalue weighted by Crippen LogP contribution is 2.78. The number of amides is 1. The van der Waals surface area contributed by atoms with Gasteiger partial charge in [-0.25, -0.2) is 0 Å². The van der Waals surface area contributed by atoms with E-state index in [1.807, 2.05) is 20.8 Å². The Hall–Kier alpha value is -3.61. The van der Waals surface area contributed by atoms with Crippen molar-refractivity contribution in [2.45, 2.75) is 135 Å². The molecule has 7 rings (SSSR count). The van der Waals surface area contributed by atoms with E-state index in [0.29, 0.717) is 49.2 Å². The van der Waals surface area contributed by atoms with E-state index in [1.165, 1.54) is 14.0 Å². The van der Waals surface area contributed by atoms with Crippen molar-refractivity contribution < 1.29 is 48.0 Å². The van der Waals surface area contributed by atoms with Crippen LogP contribution < -0.4 is 15.4 Å². The summed E-state index contributed by atoms with van der Waals surface area (Å²) >= 11 is 0.